The molecule has 0 spiro atoms. The molecule has 2 rings (SSSR count). The Morgan fingerprint density at radius 2 is 2.35 bits per heavy atom. The smallest absolute Gasteiger partial charge is 0.303 e. The summed E-state index contributed by atoms with van der Waals surface area (Å²) in [6.45, 7) is 1.59. The Kier molecular flexibility index (Phi) is 3.52. The summed E-state index contributed by atoms with van der Waals surface area (Å²) >= 11 is 0. The zero-order valence-electron chi connectivity index (χ0n) is 9.98. The number of carbonyl (C=O) groups is 1. The number of hydrogen-bond donors (Lipinski definition) is 1. The molecule has 4 nitrogen and oxygen atoms in total. The average Bonchev–Trinajstić information content (AvgIpc) is 2.30. The number of carboxylic acids is 1. The standard InChI is InChI=1S/C13H17NO3/c1-14-8-9-17-13-10(4-2-6-11(13)14)5-3-7-12(15)16/h2,4,6H,3,5,7-9H2,1H3,(H,15,16). The van der Waals surface area contributed by atoms with Gasteiger partial charge in [0.25, 0.3) is 0 Å². The predicted molar refractivity (Wildman–Crippen MR) is 65.8 cm³/mol. The highest BCUT2D eigenvalue weighted by atomic mass is 16.5. The molecule has 0 bridgehead atoms. The van der Waals surface area contributed by atoms with Crippen molar-refractivity contribution >= 4 is 11.7 Å². The topological polar surface area (TPSA) is 49.8 Å². The molecule has 1 aliphatic rings. The zero-order valence-corrected chi connectivity index (χ0v) is 9.98. The minimum Gasteiger partial charge on any atom is -0.489 e. The highest BCUT2D eigenvalue weighted by Gasteiger charge is 2.17. The van der Waals surface area contributed by atoms with Gasteiger partial charge in [-0.3, -0.25) is 4.79 Å². The van der Waals surface area contributed by atoms with Gasteiger partial charge < -0.3 is 14.7 Å². The van der Waals surface area contributed by atoms with E-state index in [1.165, 1.54) is 0 Å². The van der Waals surface area contributed by atoms with E-state index in [0.29, 0.717) is 13.0 Å². The average molecular weight is 235 g/mol. The fourth-order valence-corrected chi connectivity index (χ4v) is 2.07. The van der Waals surface area contributed by atoms with Crippen LogP contribution in [0.5, 0.6) is 5.75 Å². The van der Waals surface area contributed by atoms with E-state index in [2.05, 4.69) is 4.90 Å². The summed E-state index contributed by atoms with van der Waals surface area (Å²) in [6, 6.07) is 6.05. The van der Waals surface area contributed by atoms with E-state index >= 15 is 0 Å². The van der Waals surface area contributed by atoms with Crippen molar-refractivity contribution in [3.63, 3.8) is 0 Å². The van der Waals surface area contributed by atoms with Crippen LogP contribution in [0.1, 0.15) is 18.4 Å². The first-order valence-electron chi connectivity index (χ1n) is 5.86. The van der Waals surface area contributed by atoms with Crippen LogP contribution in [-0.4, -0.2) is 31.3 Å². The summed E-state index contributed by atoms with van der Waals surface area (Å²) in [5.41, 5.74) is 2.21. The van der Waals surface area contributed by atoms with E-state index < -0.39 is 5.97 Å². The summed E-state index contributed by atoms with van der Waals surface area (Å²) in [5.74, 6) is 0.180. The van der Waals surface area contributed by atoms with E-state index in [-0.39, 0.29) is 6.42 Å². The number of likely N-dealkylation sites (N-methyl/N-ethyl adjacent to an activating group) is 1. The van der Waals surface area contributed by atoms with Crippen molar-refractivity contribution in [3.8, 4) is 5.75 Å². The monoisotopic (exact) mass is 235 g/mol. The summed E-state index contributed by atoms with van der Waals surface area (Å²) in [7, 11) is 2.04. The van der Waals surface area contributed by atoms with Crippen LogP contribution in [0.2, 0.25) is 0 Å². The Hall–Kier alpha value is -1.71. The maximum atomic E-state index is 10.5. The fourth-order valence-electron chi connectivity index (χ4n) is 2.07. The lowest BCUT2D eigenvalue weighted by Gasteiger charge is -2.29. The van der Waals surface area contributed by atoms with Crippen molar-refractivity contribution in [2.45, 2.75) is 19.3 Å². The van der Waals surface area contributed by atoms with Gasteiger partial charge in [0.15, 0.2) is 0 Å². The van der Waals surface area contributed by atoms with Gasteiger partial charge in [-0.05, 0) is 24.5 Å². The molecular weight excluding hydrogens is 218 g/mol. The molecule has 1 aromatic rings. The number of benzene rings is 1. The maximum Gasteiger partial charge on any atom is 0.303 e. The van der Waals surface area contributed by atoms with E-state index in [4.69, 9.17) is 9.84 Å². The lowest BCUT2D eigenvalue weighted by atomic mass is 10.0. The molecular formula is C13H17NO3. The van der Waals surface area contributed by atoms with Crippen molar-refractivity contribution in [2.75, 3.05) is 25.1 Å². The van der Waals surface area contributed by atoms with Gasteiger partial charge in [-0.1, -0.05) is 12.1 Å². The lowest BCUT2D eigenvalue weighted by molar-refractivity contribution is -0.137. The minimum absolute atomic E-state index is 0.208. The second-order valence-corrected chi connectivity index (χ2v) is 4.28. The summed E-state index contributed by atoms with van der Waals surface area (Å²) in [5, 5.41) is 8.63. The first-order valence-corrected chi connectivity index (χ1v) is 5.86. The van der Waals surface area contributed by atoms with Crippen molar-refractivity contribution in [2.24, 2.45) is 0 Å². The van der Waals surface area contributed by atoms with E-state index in [0.717, 1.165) is 30.0 Å². The molecule has 1 heterocycles. The molecule has 92 valence electrons. The summed E-state index contributed by atoms with van der Waals surface area (Å²) in [6.07, 6.45) is 1.61. The van der Waals surface area contributed by atoms with Gasteiger partial charge in [-0.2, -0.15) is 0 Å². The third-order valence-corrected chi connectivity index (χ3v) is 3.00. The molecule has 0 aliphatic carbocycles. The SMILES string of the molecule is CN1CCOc2c(CCCC(=O)O)cccc21. The molecule has 0 unspecified atom stereocenters. The van der Waals surface area contributed by atoms with E-state index in [9.17, 15) is 4.79 Å². The lowest BCUT2D eigenvalue weighted by Crippen LogP contribution is -2.29. The Morgan fingerprint density at radius 3 is 3.12 bits per heavy atom. The van der Waals surface area contributed by atoms with Crippen LogP contribution in [0.15, 0.2) is 18.2 Å². The molecule has 0 saturated carbocycles. The number of anilines is 1. The zero-order chi connectivity index (χ0) is 12.3. The van der Waals surface area contributed by atoms with Gasteiger partial charge in [0, 0.05) is 13.5 Å². The minimum atomic E-state index is -0.743. The van der Waals surface area contributed by atoms with Gasteiger partial charge in [0.05, 0.1) is 12.2 Å². The van der Waals surface area contributed by atoms with Gasteiger partial charge in [-0.25, -0.2) is 0 Å². The Balaban J connectivity index is 2.12. The van der Waals surface area contributed by atoms with Gasteiger partial charge in [0.2, 0.25) is 0 Å². The number of carboxylic acid groups (broad SMARTS) is 1. The predicted octanol–water partition coefficient (Wildman–Crippen LogP) is 1.92. The van der Waals surface area contributed by atoms with E-state index in [1.54, 1.807) is 0 Å². The third kappa shape index (κ3) is 2.70. The maximum absolute atomic E-state index is 10.5. The molecule has 0 amide bonds. The number of fused-ring (bicyclic) bond motifs is 1. The first kappa shape index (κ1) is 11.8. The second kappa shape index (κ2) is 5.08. The quantitative estimate of drug-likeness (QED) is 0.866. The van der Waals surface area contributed by atoms with Crippen molar-refractivity contribution in [1.82, 2.24) is 0 Å². The molecule has 1 aromatic carbocycles. The van der Waals surface area contributed by atoms with Crippen molar-refractivity contribution in [3.05, 3.63) is 23.8 Å². The number of hydrogen-bond acceptors (Lipinski definition) is 3. The molecule has 17 heavy (non-hydrogen) atoms. The van der Waals surface area contributed by atoms with Crippen LogP contribution in [0, 0.1) is 0 Å². The van der Waals surface area contributed by atoms with Crippen LogP contribution >= 0.6 is 0 Å². The molecule has 0 aromatic heterocycles. The third-order valence-electron chi connectivity index (χ3n) is 3.00. The highest BCUT2D eigenvalue weighted by molar-refractivity contribution is 5.67. The van der Waals surface area contributed by atoms with Crippen LogP contribution in [0.3, 0.4) is 0 Å². The molecule has 1 N–H and O–H groups in total. The Bertz CT molecular complexity index is 417. The molecule has 1 aliphatic heterocycles. The van der Waals surface area contributed by atoms with Crippen molar-refractivity contribution < 1.29 is 14.6 Å². The largest absolute Gasteiger partial charge is 0.489 e. The summed E-state index contributed by atoms with van der Waals surface area (Å²) in [4.78, 5) is 12.7. The van der Waals surface area contributed by atoms with Gasteiger partial charge >= 0.3 is 5.97 Å². The van der Waals surface area contributed by atoms with Crippen LogP contribution in [0.25, 0.3) is 0 Å². The highest BCUT2D eigenvalue weighted by Crippen LogP contribution is 2.34. The normalized spacial score (nSPS) is 14.1. The van der Waals surface area contributed by atoms with Crippen LogP contribution in [0.4, 0.5) is 5.69 Å². The number of ether oxygens (including phenoxy) is 1. The van der Waals surface area contributed by atoms with Crippen LogP contribution in [-0.2, 0) is 11.2 Å². The summed E-state index contributed by atoms with van der Waals surface area (Å²) < 4.78 is 5.69. The second-order valence-electron chi connectivity index (χ2n) is 4.28. The number of para-hydroxylation sites is 1. The molecule has 0 fully saturated rings. The number of aliphatic carboxylic acids is 1. The molecule has 0 radical (unpaired) electrons. The Labute approximate surface area is 101 Å². The van der Waals surface area contributed by atoms with Gasteiger partial charge in [-0.15, -0.1) is 0 Å². The Morgan fingerprint density at radius 1 is 1.53 bits per heavy atom. The molecule has 0 atom stereocenters. The first-order chi connectivity index (χ1) is 8.18. The van der Waals surface area contributed by atoms with E-state index in [1.807, 2.05) is 25.2 Å². The fraction of sp³-hybridized carbons (Fsp3) is 0.462. The van der Waals surface area contributed by atoms with Crippen molar-refractivity contribution in [1.29, 1.82) is 0 Å². The van der Waals surface area contributed by atoms with Crippen LogP contribution < -0.4 is 9.64 Å². The van der Waals surface area contributed by atoms with Gasteiger partial charge in [0.1, 0.15) is 12.4 Å². The molecule has 0 saturated heterocycles. The molecule has 4 heteroatoms. The number of nitrogens with zero attached hydrogens (tertiary/aromatic N) is 1. The number of rotatable bonds is 4. The number of aryl methyl sites for hydroxylation is 1.